The Bertz CT molecular complexity index is 1500. The number of rotatable bonds is 6. The summed E-state index contributed by atoms with van der Waals surface area (Å²) in [4.78, 5) is 36.5. The second-order valence-corrected chi connectivity index (χ2v) is 11.4. The van der Waals surface area contributed by atoms with Crippen LogP contribution in [0.3, 0.4) is 0 Å². The van der Waals surface area contributed by atoms with Crippen LogP contribution >= 0.6 is 11.3 Å². The van der Waals surface area contributed by atoms with Gasteiger partial charge in [0.25, 0.3) is 5.91 Å². The summed E-state index contributed by atoms with van der Waals surface area (Å²) in [6.45, 7) is 3.35. The third-order valence-electron chi connectivity index (χ3n) is 7.49. The maximum Gasteiger partial charge on any atom is 0.322 e. The molecule has 1 saturated heterocycles. The molecule has 1 aromatic heterocycles. The van der Waals surface area contributed by atoms with E-state index >= 15 is 0 Å². The Morgan fingerprint density at radius 3 is 2.62 bits per heavy atom. The SMILES string of the molecule is Nc1ccc(NC(=O)N2CCCC2c2cccc(C(=O)Nc3nc4c(s3)CN(Cc3ccccc3)CC4)c2)cc1. The van der Waals surface area contributed by atoms with Gasteiger partial charge in [-0.15, -0.1) is 11.3 Å². The largest absolute Gasteiger partial charge is 0.399 e. The van der Waals surface area contributed by atoms with E-state index in [9.17, 15) is 9.59 Å². The van der Waals surface area contributed by atoms with Gasteiger partial charge in [0.2, 0.25) is 0 Å². The molecule has 3 heterocycles. The van der Waals surface area contributed by atoms with Crippen LogP contribution in [-0.4, -0.2) is 39.8 Å². The first kappa shape index (κ1) is 26.0. The van der Waals surface area contributed by atoms with Gasteiger partial charge in [0.05, 0.1) is 11.7 Å². The quantitative estimate of drug-likeness (QED) is 0.258. The van der Waals surface area contributed by atoms with Crippen molar-refractivity contribution in [2.24, 2.45) is 0 Å². The van der Waals surface area contributed by atoms with Crippen molar-refractivity contribution in [3.05, 3.63) is 106 Å². The van der Waals surface area contributed by atoms with Gasteiger partial charge < -0.3 is 16.0 Å². The predicted octanol–water partition coefficient (Wildman–Crippen LogP) is 5.90. The molecule has 0 saturated carbocycles. The van der Waals surface area contributed by atoms with Crippen LogP contribution in [0.5, 0.6) is 0 Å². The molecule has 2 aliphatic rings. The number of aromatic nitrogens is 1. The predicted molar refractivity (Wildman–Crippen MR) is 159 cm³/mol. The Morgan fingerprint density at radius 2 is 1.80 bits per heavy atom. The summed E-state index contributed by atoms with van der Waals surface area (Å²) in [6.07, 6.45) is 2.63. The van der Waals surface area contributed by atoms with Crippen LogP contribution in [0.25, 0.3) is 0 Å². The number of carbonyl (C=O) groups excluding carboxylic acids is 2. The number of nitrogens with two attached hydrogens (primary N) is 1. The average molecular weight is 553 g/mol. The van der Waals surface area contributed by atoms with E-state index in [0.29, 0.717) is 28.6 Å². The van der Waals surface area contributed by atoms with E-state index in [1.807, 2.05) is 35.2 Å². The van der Waals surface area contributed by atoms with Gasteiger partial charge >= 0.3 is 6.03 Å². The zero-order valence-corrected chi connectivity index (χ0v) is 23.0. The third kappa shape index (κ3) is 5.85. The summed E-state index contributed by atoms with van der Waals surface area (Å²) in [5, 5.41) is 6.61. The van der Waals surface area contributed by atoms with Gasteiger partial charge in [-0.25, -0.2) is 9.78 Å². The molecule has 1 unspecified atom stereocenters. The number of amides is 3. The van der Waals surface area contributed by atoms with E-state index in [-0.39, 0.29) is 18.0 Å². The maximum absolute atomic E-state index is 13.2. The van der Waals surface area contributed by atoms with Gasteiger partial charge in [-0.1, -0.05) is 42.5 Å². The minimum atomic E-state index is -0.190. The van der Waals surface area contributed by atoms with Crippen LogP contribution in [0.15, 0.2) is 78.9 Å². The first-order valence-corrected chi connectivity index (χ1v) is 14.4. The minimum Gasteiger partial charge on any atom is -0.399 e. The first-order valence-electron chi connectivity index (χ1n) is 13.6. The molecule has 0 spiro atoms. The van der Waals surface area contributed by atoms with Crippen molar-refractivity contribution < 1.29 is 9.59 Å². The molecule has 8 nitrogen and oxygen atoms in total. The third-order valence-corrected chi connectivity index (χ3v) is 8.49. The van der Waals surface area contributed by atoms with Crippen molar-refractivity contribution in [1.82, 2.24) is 14.8 Å². The summed E-state index contributed by atoms with van der Waals surface area (Å²) < 4.78 is 0. The molecule has 204 valence electrons. The zero-order chi connectivity index (χ0) is 27.5. The molecule has 2 aliphatic heterocycles. The first-order chi connectivity index (χ1) is 19.5. The number of benzene rings is 3. The van der Waals surface area contributed by atoms with E-state index < -0.39 is 0 Å². The molecule has 6 rings (SSSR count). The fraction of sp³-hybridized carbons (Fsp3) is 0.258. The molecule has 1 atom stereocenters. The van der Waals surface area contributed by atoms with Gasteiger partial charge in [0.15, 0.2) is 5.13 Å². The van der Waals surface area contributed by atoms with Crippen LogP contribution < -0.4 is 16.4 Å². The monoisotopic (exact) mass is 552 g/mol. The molecule has 3 amide bonds. The normalized spacial score (nSPS) is 16.9. The van der Waals surface area contributed by atoms with Crippen molar-refractivity contribution >= 4 is 39.8 Å². The van der Waals surface area contributed by atoms with E-state index in [2.05, 4.69) is 39.8 Å². The summed E-state index contributed by atoms with van der Waals surface area (Å²) >= 11 is 1.55. The Balaban J connectivity index is 1.10. The smallest absolute Gasteiger partial charge is 0.322 e. The van der Waals surface area contributed by atoms with Crippen LogP contribution in [0, 0.1) is 0 Å². The average Bonchev–Trinajstić information content (AvgIpc) is 3.62. The lowest BCUT2D eigenvalue weighted by molar-refractivity contribution is 0.102. The van der Waals surface area contributed by atoms with Crippen LogP contribution in [0.4, 0.5) is 21.3 Å². The number of carbonyl (C=O) groups is 2. The summed E-state index contributed by atoms with van der Waals surface area (Å²) in [5.74, 6) is -0.190. The van der Waals surface area contributed by atoms with Crippen molar-refractivity contribution in [3.63, 3.8) is 0 Å². The fourth-order valence-electron chi connectivity index (χ4n) is 5.45. The number of likely N-dealkylation sites (tertiary alicyclic amines) is 1. The molecule has 0 aliphatic carbocycles. The number of thiazole rings is 1. The van der Waals surface area contributed by atoms with Crippen LogP contribution in [0.1, 0.15) is 50.9 Å². The van der Waals surface area contributed by atoms with E-state index in [4.69, 9.17) is 10.7 Å². The Morgan fingerprint density at radius 1 is 0.975 bits per heavy atom. The van der Waals surface area contributed by atoms with Gasteiger partial charge in [-0.2, -0.15) is 0 Å². The van der Waals surface area contributed by atoms with Gasteiger partial charge in [0.1, 0.15) is 0 Å². The Labute approximate surface area is 237 Å². The molecule has 1 fully saturated rings. The summed E-state index contributed by atoms with van der Waals surface area (Å²) in [5.41, 5.74) is 11.0. The highest BCUT2D eigenvalue weighted by Crippen LogP contribution is 2.34. The van der Waals surface area contributed by atoms with Crippen molar-refractivity contribution in [1.29, 1.82) is 0 Å². The number of nitrogen functional groups attached to an aromatic ring is 1. The van der Waals surface area contributed by atoms with E-state index in [1.165, 1.54) is 10.4 Å². The lowest BCUT2D eigenvalue weighted by Crippen LogP contribution is -2.34. The highest BCUT2D eigenvalue weighted by molar-refractivity contribution is 7.15. The molecular formula is C31H32N6O2S. The number of fused-ring (bicyclic) bond motifs is 1. The Hall–Kier alpha value is -4.21. The maximum atomic E-state index is 13.2. The lowest BCUT2D eigenvalue weighted by Gasteiger charge is -2.25. The topological polar surface area (TPSA) is 104 Å². The standard InChI is InChI=1S/C31H32N6O2S/c32-24-11-13-25(14-12-24)33-31(39)37-16-5-10-27(37)22-8-4-9-23(18-22)29(38)35-30-34-26-15-17-36(20-28(26)40-30)19-21-6-2-1-3-7-21/h1-4,6-9,11-14,18,27H,5,10,15-17,19-20,32H2,(H,33,39)(H,34,35,38). The zero-order valence-electron chi connectivity index (χ0n) is 22.2. The fourth-order valence-corrected chi connectivity index (χ4v) is 6.50. The highest BCUT2D eigenvalue weighted by atomic mass is 32.1. The van der Waals surface area contributed by atoms with Crippen molar-refractivity contribution in [2.75, 3.05) is 29.5 Å². The minimum absolute atomic E-state index is 0.0932. The van der Waals surface area contributed by atoms with Crippen LogP contribution in [0.2, 0.25) is 0 Å². The van der Waals surface area contributed by atoms with Gasteiger partial charge in [0, 0.05) is 54.4 Å². The highest BCUT2D eigenvalue weighted by Gasteiger charge is 2.30. The summed E-state index contributed by atoms with van der Waals surface area (Å²) in [6, 6.07) is 24.9. The van der Waals surface area contributed by atoms with Crippen molar-refractivity contribution in [2.45, 2.75) is 38.4 Å². The van der Waals surface area contributed by atoms with Crippen LogP contribution in [-0.2, 0) is 19.5 Å². The van der Waals surface area contributed by atoms with E-state index in [1.54, 1.807) is 35.6 Å². The van der Waals surface area contributed by atoms with Gasteiger partial charge in [-0.05, 0) is 60.4 Å². The number of nitrogens with zero attached hydrogens (tertiary/aromatic N) is 3. The number of nitrogens with one attached hydrogen (secondary N) is 2. The number of anilines is 3. The summed E-state index contributed by atoms with van der Waals surface area (Å²) in [7, 11) is 0. The molecule has 0 bridgehead atoms. The molecule has 4 aromatic rings. The van der Waals surface area contributed by atoms with Crippen molar-refractivity contribution in [3.8, 4) is 0 Å². The molecule has 4 N–H and O–H groups in total. The van der Waals surface area contributed by atoms with E-state index in [0.717, 1.165) is 50.2 Å². The second kappa shape index (κ2) is 11.5. The molecular weight excluding hydrogens is 520 g/mol. The molecule has 3 aromatic carbocycles. The van der Waals surface area contributed by atoms with Gasteiger partial charge in [-0.3, -0.25) is 15.0 Å². The number of urea groups is 1. The number of hydrogen-bond acceptors (Lipinski definition) is 6. The molecule has 0 radical (unpaired) electrons. The molecule has 40 heavy (non-hydrogen) atoms. The molecule has 9 heteroatoms. The number of hydrogen-bond donors (Lipinski definition) is 3. The lowest BCUT2D eigenvalue weighted by atomic mass is 10.0. The Kier molecular flexibility index (Phi) is 7.48. The second-order valence-electron chi connectivity index (χ2n) is 10.3.